The summed E-state index contributed by atoms with van der Waals surface area (Å²) in [6.07, 6.45) is 0.699. The van der Waals surface area contributed by atoms with E-state index in [2.05, 4.69) is 31.9 Å². The number of methoxy groups -OCH3 is 1. The van der Waals surface area contributed by atoms with Gasteiger partial charge in [-0.2, -0.15) is 0 Å². The smallest absolute Gasteiger partial charge is 0.265 e. The first-order valence-electron chi connectivity index (χ1n) is 8.78. The minimum absolute atomic E-state index is 0.0831. The maximum atomic E-state index is 12.6. The molecular weight excluding hydrogens is 352 g/mol. The normalized spacial score (nSPS) is 16.2. The molecule has 7 nitrogen and oxygen atoms in total. The van der Waals surface area contributed by atoms with Crippen molar-refractivity contribution in [3.05, 3.63) is 40.4 Å². The van der Waals surface area contributed by atoms with E-state index in [0.29, 0.717) is 31.1 Å². The first-order chi connectivity index (χ1) is 12.7. The van der Waals surface area contributed by atoms with Gasteiger partial charge in [-0.25, -0.2) is 0 Å². The number of aromatic nitrogens is 2. The molecule has 0 unspecified atom stereocenters. The summed E-state index contributed by atoms with van der Waals surface area (Å²) in [6.45, 7) is 5.59. The Kier molecular flexibility index (Phi) is 6.54. The Labute approximate surface area is 157 Å². The fraction of sp³-hybridized carbons (Fsp3) is 0.500. The van der Waals surface area contributed by atoms with Crippen molar-refractivity contribution in [2.24, 2.45) is 0 Å². The van der Waals surface area contributed by atoms with Gasteiger partial charge in [-0.3, -0.25) is 9.69 Å². The number of aryl methyl sites for hydroxylation is 1. The molecule has 1 aliphatic rings. The Morgan fingerprint density at radius 1 is 1.35 bits per heavy atom. The molecule has 1 fully saturated rings. The lowest BCUT2D eigenvalue weighted by atomic mass is 10.0. The van der Waals surface area contributed by atoms with Gasteiger partial charge in [0.2, 0.25) is 0 Å². The van der Waals surface area contributed by atoms with Crippen LogP contribution in [0.4, 0.5) is 0 Å². The molecule has 0 bridgehead atoms. The summed E-state index contributed by atoms with van der Waals surface area (Å²) >= 11 is 1.15. The van der Waals surface area contributed by atoms with Crippen LogP contribution in [0.25, 0.3) is 0 Å². The van der Waals surface area contributed by atoms with E-state index >= 15 is 0 Å². The van der Waals surface area contributed by atoms with Crippen molar-refractivity contribution in [1.29, 1.82) is 0 Å². The maximum Gasteiger partial charge on any atom is 0.265 e. The highest BCUT2D eigenvalue weighted by Crippen LogP contribution is 2.24. The Balaban J connectivity index is 1.73. The lowest BCUT2D eigenvalue weighted by molar-refractivity contribution is 0.0162. The second-order valence-corrected chi connectivity index (χ2v) is 6.80. The number of ether oxygens (including phenoxy) is 2. The topological polar surface area (TPSA) is 76.6 Å². The van der Waals surface area contributed by atoms with Gasteiger partial charge in [0, 0.05) is 19.6 Å². The fourth-order valence-corrected chi connectivity index (χ4v) is 3.72. The zero-order valence-corrected chi connectivity index (χ0v) is 15.9. The third-order valence-corrected chi connectivity index (χ3v) is 5.31. The minimum atomic E-state index is -0.108. The largest absolute Gasteiger partial charge is 0.497 e. The van der Waals surface area contributed by atoms with E-state index in [4.69, 9.17) is 9.47 Å². The molecule has 1 amide bonds. The van der Waals surface area contributed by atoms with Gasteiger partial charge >= 0.3 is 0 Å². The number of morpholine rings is 1. The summed E-state index contributed by atoms with van der Waals surface area (Å²) in [5, 5.41) is 7.08. The van der Waals surface area contributed by atoms with E-state index in [-0.39, 0.29) is 11.9 Å². The first-order valence-corrected chi connectivity index (χ1v) is 9.55. The van der Waals surface area contributed by atoms with Crippen LogP contribution in [0.1, 0.15) is 33.9 Å². The highest BCUT2D eigenvalue weighted by Gasteiger charge is 2.24. The number of hydrogen-bond acceptors (Lipinski definition) is 7. The quantitative estimate of drug-likeness (QED) is 0.796. The molecule has 26 heavy (non-hydrogen) atoms. The number of rotatable bonds is 7. The molecule has 0 spiro atoms. The summed E-state index contributed by atoms with van der Waals surface area (Å²) in [4.78, 5) is 15.5. The molecule has 2 heterocycles. The summed E-state index contributed by atoms with van der Waals surface area (Å²) in [5.41, 5.74) is 1.89. The van der Waals surface area contributed by atoms with Crippen molar-refractivity contribution in [3.63, 3.8) is 0 Å². The Bertz CT molecular complexity index is 713. The summed E-state index contributed by atoms with van der Waals surface area (Å²) < 4.78 is 14.6. The molecule has 3 rings (SSSR count). The Morgan fingerprint density at radius 2 is 2.08 bits per heavy atom. The molecule has 140 valence electrons. The van der Waals surface area contributed by atoms with Crippen molar-refractivity contribution in [3.8, 4) is 5.75 Å². The molecule has 1 saturated heterocycles. The summed E-state index contributed by atoms with van der Waals surface area (Å²) in [7, 11) is 1.66. The number of nitrogens with one attached hydrogen (secondary N) is 1. The monoisotopic (exact) mass is 376 g/mol. The van der Waals surface area contributed by atoms with Crippen LogP contribution in [0.2, 0.25) is 0 Å². The van der Waals surface area contributed by atoms with Crippen LogP contribution in [-0.2, 0) is 11.2 Å². The maximum absolute atomic E-state index is 12.6. The zero-order chi connectivity index (χ0) is 18.4. The lowest BCUT2D eigenvalue weighted by Gasteiger charge is -2.35. The summed E-state index contributed by atoms with van der Waals surface area (Å²) in [6, 6.07) is 8.09. The predicted octanol–water partition coefficient (Wildman–Crippen LogP) is 1.91. The molecule has 2 aromatic rings. The van der Waals surface area contributed by atoms with E-state index < -0.39 is 0 Å². The number of amides is 1. The number of carbonyl (C=O) groups is 1. The third kappa shape index (κ3) is 4.38. The third-order valence-electron chi connectivity index (χ3n) is 4.54. The van der Waals surface area contributed by atoms with Crippen LogP contribution in [0.5, 0.6) is 5.75 Å². The fourth-order valence-electron chi connectivity index (χ4n) is 3.06. The van der Waals surface area contributed by atoms with E-state index in [0.717, 1.165) is 41.6 Å². The van der Waals surface area contributed by atoms with Crippen molar-refractivity contribution < 1.29 is 14.3 Å². The number of hydrogen-bond donors (Lipinski definition) is 1. The Hall–Kier alpha value is -2.03. The van der Waals surface area contributed by atoms with Gasteiger partial charge in [-0.1, -0.05) is 23.5 Å². The van der Waals surface area contributed by atoms with Crippen LogP contribution in [0.3, 0.4) is 0 Å². The second kappa shape index (κ2) is 9.07. The van der Waals surface area contributed by atoms with Crippen molar-refractivity contribution in [2.75, 3.05) is 40.0 Å². The number of nitrogens with zero attached hydrogens (tertiary/aromatic N) is 3. The molecule has 1 N–H and O–H groups in total. The SMILES string of the molecule is CCc1nnsc1C(=O)NC[C@@H](c1ccc(OC)cc1)N1CCOCC1. The highest BCUT2D eigenvalue weighted by molar-refractivity contribution is 7.08. The van der Waals surface area contributed by atoms with Crippen LogP contribution >= 0.6 is 11.5 Å². The summed E-state index contributed by atoms with van der Waals surface area (Å²) in [5.74, 6) is 0.713. The van der Waals surface area contributed by atoms with E-state index in [9.17, 15) is 4.79 Å². The second-order valence-electron chi connectivity index (χ2n) is 6.05. The number of benzene rings is 1. The van der Waals surface area contributed by atoms with Crippen LogP contribution in [0.15, 0.2) is 24.3 Å². The van der Waals surface area contributed by atoms with Gasteiger partial charge in [0.15, 0.2) is 0 Å². The average molecular weight is 376 g/mol. The molecule has 1 aromatic carbocycles. The van der Waals surface area contributed by atoms with Gasteiger partial charge in [0.25, 0.3) is 5.91 Å². The first kappa shape index (κ1) is 18.8. The predicted molar refractivity (Wildman–Crippen MR) is 99.7 cm³/mol. The molecule has 0 saturated carbocycles. The van der Waals surface area contributed by atoms with Crippen molar-refractivity contribution in [1.82, 2.24) is 19.8 Å². The van der Waals surface area contributed by atoms with Crippen LogP contribution in [0, 0.1) is 0 Å². The molecular formula is C18H24N4O3S. The molecule has 0 aliphatic carbocycles. The standard InChI is InChI=1S/C18H24N4O3S/c1-3-15-17(26-21-20-15)18(23)19-12-16(22-8-10-25-11-9-22)13-4-6-14(24-2)7-5-13/h4-7,16H,3,8-12H2,1-2H3,(H,19,23)/t16-/m0/s1. The van der Waals surface area contributed by atoms with Crippen LogP contribution < -0.4 is 10.1 Å². The van der Waals surface area contributed by atoms with E-state index in [1.165, 1.54) is 0 Å². The van der Waals surface area contributed by atoms with Gasteiger partial charge in [-0.05, 0) is 35.6 Å². The van der Waals surface area contributed by atoms with Crippen LogP contribution in [-0.4, -0.2) is 60.4 Å². The molecule has 8 heteroatoms. The van der Waals surface area contributed by atoms with Crippen molar-refractivity contribution >= 4 is 17.4 Å². The molecule has 1 atom stereocenters. The van der Waals surface area contributed by atoms with Gasteiger partial charge in [-0.15, -0.1) is 5.10 Å². The Morgan fingerprint density at radius 3 is 2.73 bits per heavy atom. The molecule has 1 aliphatic heterocycles. The van der Waals surface area contributed by atoms with E-state index in [1.54, 1.807) is 7.11 Å². The van der Waals surface area contributed by atoms with Gasteiger partial charge in [0.1, 0.15) is 10.6 Å². The van der Waals surface area contributed by atoms with Gasteiger partial charge in [0.05, 0.1) is 32.1 Å². The lowest BCUT2D eigenvalue weighted by Crippen LogP contribution is -2.43. The minimum Gasteiger partial charge on any atom is -0.497 e. The molecule has 1 aromatic heterocycles. The zero-order valence-electron chi connectivity index (χ0n) is 15.1. The average Bonchev–Trinajstić information content (AvgIpc) is 3.18. The number of carbonyl (C=O) groups excluding carboxylic acids is 1. The van der Waals surface area contributed by atoms with E-state index in [1.807, 2.05) is 19.1 Å². The van der Waals surface area contributed by atoms with Crippen molar-refractivity contribution in [2.45, 2.75) is 19.4 Å². The van der Waals surface area contributed by atoms with Gasteiger partial charge < -0.3 is 14.8 Å². The highest BCUT2D eigenvalue weighted by atomic mass is 32.1. The molecule has 0 radical (unpaired) electrons.